The highest BCUT2D eigenvalue weighted by Crippen LogP contribution is 2.11. The van der Waals surface area contributed by atoms with E-state index >= 15 is 0 Å². The van der Waals surface area contributed by atoms with E-state index < -0.39 is 0 Å². The zero-order valence-electron chi connectivity index (χ0n) is 8.86. The number of carbonyl (C=O) groups is 1. The van der Waals surface area contributed by atoms with Gasteiger partial charge in [0.1, 0.15) is 10.8 Å². The van der Waals surface area contributed by atoms with Crippen LogP contribution in [0.1, 0.15) is 16.1 Å². The minimum absolute atomic E-state index is 0.292. The molecule has 0 aliphatic carbocycles. The van der Waals surface area contributed by atoms with Gasteiger partial charge in [-0.1, -0.05) is 17.7 Å². The number of halogens is 1. The average molecular weight is 226 g/mol. The molecule has 0 aliphatic rings. The van der Waals surface area contributed by atoms with Gasteiger partial charge in [-0.3, -0.25) is 4.79 Å². The number of nitrogens with zero attached hydrogens (tertiary/aromatic N) is 3. The van der Waals surface area contributed by atoms with Gasteiger partial charge < -0.3 is 4.90 Å². The maximum Gasteiger partial charge on any atom is 0.297 e. The molecule has 0 saturated heterocycles. The van der Waals surface area contributed by atoms with Gasteiger partial charge in [0.2, 0.25) is 0 Å². The number of hydrogen-bond acceptors (Lipinski definition) is 2. The van der Waals surface area contributed by atoms with Crippen LogP contribution in [0.4, 0.5) is 0 Å². The zero-order chi connectivity index (χ0) is 11.4. The van der Waals surface area contributed by atoms with Gasteiger partial charge in [-0.25, -0.2) is 4.98 Å². The van der Waals surface area contributed by atoms with Crippen LogP contribution in [0.3, 0.4) is 0 Å². The summed E-state index contributed by atoms with van der Waals surface area (Å²) in [6, 6.07) is 3.39. The van der Waals surface area contributed by atoms with Gasteiger partial charge in [-0.15, -0.1) is 0 Å². The van der Waals surface area contributed by atoms with Crippen molar-refractivity contribution in [2.24, 2.45) is 4.99 Å². The summed E-state index contributed by atoms with van der Waals surface area (Å²) in [5.41, 5.74) is 1.06. The van der Waals surface area contributed by atoms with E-state index in [0.29, 0.717) is 10.8 Å². The van der Waals surface area contributed by atoms with E-state index in [1.165, 1.54) is 6.34 Å². The predicted octanol–water partition coefficient (Wildman–Crippen LogP) is 1.77. The summed E-state index contributed by atoms with van der Waals surface area (Å²) in [6.07, 6.45) is 1.43. The van der Waals surface area contributed by atoms with Crippen LogP contribution in [-0.2, 0) is 0 Å². The molecule has 0 aromatic carbocycles. The molecule has 0 unspecified atom stereocenters. The Balaban J connectivity index is 2.96. The molecule has 0 saturated carbocycles. The van der Waals surface area contributed by atoms with Crippen LogP contribution in [-0.4, -0.2) is 36.2 Å². The van der Waals surface area contributed by atoms with Gasteiger partial charge in [0, 0.05) is 14.1 Å². The minimum atomic E-state index is -0.385. The van der Waals surface area contributed by atoms with E-state index in [-0.39, 0.29) is 5.91 Å². The van der Waals surface area contributed by atoms with Crippen molar-refractivity contribution in [2.45, 2.75) is 6.92 Å². The van der Waals surface area contributed by atoms with Gasteiger partial charge >= 0.3 is 0 Å². The van der Waals surface area contributed by atoms with Crippen molar-refractivity contribution < 1.29 is 4.79 Å². The molecule has 15 heavy (non-hydrogen) atoms. The van der Waals surface area contributed by atoms with Crippen LogP contribution in [0.5, 0.6) is 0 Å². The van der Waals surface area contributed by atoms with Crippen molar-refractivity contribution in [3.8, 4) is 0 Å². The summed E-state index contributed by atoms with van der Waals surface area (Å²) in [6.45, 7) is 1.79. The van der Waals surface area contributed by atoms with Crippen molar-refractivity contribution >= 4 is 23.8 Å². The van der Waals surface area contributed by atoms with E-state index in [1.807, 2.05) is 0 Å². The normalized spacial score (nSPS) is 10.7. The van der Waals surface area contributed by atoms with E-state index in [1.54, 1.807) is 38.1 Å². The Morgan fingerprint density at radius 1 is 1.53 bits per heavy atom. The monoisotopic (exact) mass is 225 g/mol. The highest BCUT2D eigenvalue weighted by atomic mass is 35.5. The molecule has 1 aromatic rings. The van der Waals surface area contributed by atoms with Crippen LogP contribution in [0.25, 0.3) is 0 Å². The molecule has 0 radical (unpaired) electrons. The number of aliphatic imine (C=N–C) groups is 1. The predicted molar refractivity (Wildman–Crippen MR) is 60.5 cm³/mol. The lowest BCUT2D eigenvalue weighted by Gasteiger charge is -2.03. The number of carbonyl (C=O) groups excluding carboxylic acids is 1. The molecule has 5 heteroatoms. The average Bonchev–Trinajstić information content (AvgIpc) is 2.18. The second-order valence-corrected chi connectivity index (χ2v) is 3.70. The highest BCUT2D eigenvalue weighted by Gasteiger charge is 2.09. The topological polar surface area (TPSA) is 45.6 Å². The Morgan fingerprint density at radius 3 is 2.80 bits per heavy atom. The van der Waals surface area contributed by atoms with Crippen molar-refractivity contribution in [1.29, 1.82) is 0 Å². The number of aromatic nitrogens is 1. The molecule has 1 rings (SSSR count). The number of pyridine rings is 1. The summed E-state index contributed by atoms with van der Waals surface area (Å²) in [7, 11) is 3.57. The third kappa shape index (κ3) is 3.32. The van der Waals surface area contributed by atoms with E-state index in [2.05, 4.69) is 9.98 Å². The lowest BCUT2D eigenvalue weighted by Crippen LogP contribution is -2.11. The molecular formula is C10H12ClN3O. The van der Waals surface area contributed by atoms with Crippen LogP contribution in [0.15, 0.2) is 17.1 Å². The molecular weight excluding hydrogens is 214 g/mol. The van der Waals surface area contributed by atoms with Crippen LogP contribution >= 0.6 is 11.6 Å². The molecule has 0 spiro atoms. The Morgan fingerprint density at radius 2 is 2.20 bits per heavy atom. The number of hydrogen-bond donors (Lipinski definition) is 0. The largest absolute Gasteiger partial charge is 0.369 e. The maximum atomic E-state index is 11.6. The van der Waals surface area contributed by atoms with Crippen LogP contribution < -0.4 is 0 Å². The fraction of sp³-hybridized carbons (Fsp3) is 0.300. The smallest absolute Gasteiger partial charge is 0.297 e. The molecule has 0 aliphatic heterocycles. The van der Waals surface area contributed by atoms with E-state index in [4.69, 9.17) is 11.6 Å². The van der Waals surface area contributed by atoms with Crippen LogP contribution in [0.2, 0.25) is 5.15 Å². The highest BCUT2D eigenvalue weighted by molar-refractivity contribution is 6.29. The molecule has 0 bridgehead atoms. The third-order valence-corrected chi connectivity index (χ3v) is 1.88. The SMILES string of the molecule is Cc1ccc(Cl)nc1C(=O)/N=C/N(C)C. The molecule has 0 fully saturated rings. The Labute approximate surface area is 93.6 Å². The van der Waals surface area contributed by atoms with Crippen LogP contribution in [0, 0.1) is 6.92 Å². The molecule has 0 atom stereocenters. The lowest BCUT2D eigenvalue weighted by atomic mass is 10.2. The fourth-order valence-electron chi connectivity index (χ4n) is 0.950. The van der Waals surface area contributed by atoms with Gasteiger partial charge in [0.15, 0.2) is 0 Å². The Bertz CT molecular complexity index is 402. The number of aryl methyl sites for hydroxylation is 1. The number of rotatable bonds is 2. The van der Waals surface area contributed by atoms with Gasteiger partial charge in [0.25, 0.3) is 5.91 Å². The summed E-state index contributed by atoms with van der Waals surface area (Å²) in [5.74, 6) is -0.385. The second-order valence-electron chi connectivity index (χ2n) is 3.31. The molecule has 1 aromatic heterocycles. The van der Waals surface area contributed by atoms with Gasteiger partial charge in [-0.2, -0.15) is 4.99 Å². The lowest BCUT2D eigenvalue weighted by molar-refractivity contribution is 0.0997. The van der Waals surface area contributed by atoms with Gasteiger partial charge in [0.05, 0.1) is 6.34 Å². The first-order valence-corrected chi connectivity index (χ1v) is 4.76. The molecule has 80 valence electrons. The molecule has 0 N–H and O–H groups in total. The quantitative estimate of drug-likeness (QED) is 0.438. The number of amides is 1. The minimum Gasteiger partial charge on any atom is -0.369 e. The third-order valence-electron chi connectivity index (χ3n) is 1.67. The van der Waals surface area contributed by atoms with Crippen molar-refractivity contribution in [3.63, 3.8) is 0 Å². The summed E-state index contributed by atoms with van der Waals surface area (Å²) < 4.78 is 0. The summed E-state index contributed by atoms with van der Waals surface area (Å²) in [4.78, 5) is 20.9. The Hall–Kier alpha value is -1.42. The first-order chi connectivity index (χ1) is 7.00. The first kappa shape index (κ1) is 11.7. The Kier molecular flexibility index (Phi) is 3.80. The van der Waals surface area contributed by atoms with E-state index in [0.717, 1.165) is 5.56 Å². The van der Waals surface area contributed by atoms with Crippen molar-refractivity contribution in [2.75, 3.05) is 14.1 Å². The summed E-state index contributed by atoms with van der Waals surface area (Å²) in [5, 5.41) is 0.295. The first-order valence-electron chi connectivity index (χ1n) is 4.39. The zero-order valence-corrected chi connectivity index (χ0v) is 9.62. The summed E-state index contributed by atoms with van der Waals surface area (Å²) >= 11 is 5.70. The second kappa shape index (κ2) is 4.89. The maximum absolute atomic E-state index is 11.6. The standard InChI is InChI=1S/C10H12ClN3O/c1-7-4-5-8(11)13-9(7)10(15)12-6-14(2)3/h4-6H,1-3H3/b12-6+. The van der Waals surface area contributed by atoms with Gasteiger partial charge in [-0.05, 0) is 18.6 Å². The fourth-order valence-corrected chi connectivity index (χ4v) is 1.10. The van der Waals surface area contributed by atoms with Crippen molar-refractivity contribution in [3.05, 3.63) is 28.5 Å². The molecule has 1 heterocycles. The molecule has 1 amide bonds. The van der Waals surface area contributed by atoms with E-state index in [9.17, 15) is 4.79 Å². The van der Waals surface area contributed by atoms with Crippen molar-refractivity contribution in [1.82, 2.24) is 9.88 Å². The molecule has 4 nitrogen and oxygen atoms in total.